The predicted molar refractivity (Wildman–Crippen MR) is 71.7 cm³/mol. The molecule has 0 unspecified atom stereocenters. The van der Waals surface area contributed by atoms with E-state index < -0.39 is 0 Å². The van der Waals surface area contributed by atoms with Crippen LogP contribution < -0.4 is 5.73 Å². The molecule has 16 heavy (non-hydrogen) atoms. The maximum absolute atomic E-state index is 5.64. The van der Waals surface area contributed by atoms with Gasteiger partial charge in [0.05, 0.1) is 4.88 Å². The van der Waals surface area contributed by atoms with Crippen LogP contribution in [0, 0.1) is 6.92 Å². The van der Waals surface area contributed by atoms with E-state index in [4.69, 9.17) is 5.73 Å². The fourth-order valence-corrected chi connectivity index (χ4v) is 3.15. The number of nitrogens with two attached hydrogens (primary N) is 1. The lowest BCUT2D eigenvalue weighted by Crippen LogP contribution is -2.08. The molecule has 0 aromatic carbocycles. The van der Waals surface area contributed by atoms with Gasteiger partial charge in [-0.15, -0.1) is 11.3 Å². The van der Waals surface area contributed by atoms with Gasteiger partial charge < -0.3 is 10.3 Å². The molecule has 86 valence electrons. The quantitative estimate of drug-likeness (QED) is 0.947. The highest BCUT2D eigenvalue weighted by molar-refractivity contribution is 9.10. The first-order valence-electron chi connectivity index (χ1n) is 5.10. The number of aromatic nitrogens is 2. The molecule has 0 saturated carbocycles. The molecule has 0 aliphatic heterocycles. The van der Waals surface area contributed by atoms with Gasteiger partial charge in [-0.05, 0) is 35.5 Å². The van der Waals surface area contributed by atoms with Crippen molar-refractivity contribution in [1.29, 1.82) is 0 Å². The van der Waals surface area contributed by atoms with Gasteiger partial charge in [-0.25, -0.2) is 4.98 Å². The number of hydrogen-bond acceptors (Lipinski definition) is 3. The van der Waals surface area contributed by atoms with Crippen molar-refractivity contribution in [2.45, 2.75) is 13.3 Å². The molecule has 0 saturated heterocycles. The molecule has 0 spiro atoms. The van der Waals surface area contributed by atoms with E-state index >= 15 is 0 Å². The maximum Gasteiger partial charge on any atom is 0.106 e. The first kappa shape index (κ1) is 11.8. The Balaban J connectivity index is 2.51. The number of halogens is 1. The number of thiophene rings is 1. The molecule has 0 fully saturated rings. The zero-order chi connectivity index (χ0) is 11.7. The Morgan fingerprint density at radius 2 is 2.31 bits per heavy atom. The van der Waals surface area contributed by atoms with E-state index in [1.165, 1.54) is 10.6 Å². The minimum atomic E-state index is 0.651. The molecule has 2 N–H and O–H groups in total. The summed E-state index contributed by atoms with van der Waals surface area (Å²) < 4.78 is 3.23. The molecule has 2 heterocycles. The van der Waals surface area contributed by atoms with Crippen LogP contribution in [0.5, 0.6) is 0 Å². The average Bonchev–Trinajstić information content (AvgIpc) is 2.78. The smallest absolute Gasteiger partial charge is 0.106 e. The fraction of sp³-hybridized carbons (Fsp3) is 0.364. The molecule has 0 atom stereocenters. The van der Waals surface area contributed by atoms with Crippen molar-refractivity contribution in [3.63, 3.8) is 0 Å². The van der Waals surface area contributed by atoms with Gasteiger partial charge >= 0.3 is 0 Å². The van der Waals surface area contributed by atoms with E-state index in [0.717, 1.165) is 22.4 Å². The first-order chi connectivity index (χ1) is 7.63. The average molecular weight is 300 g/mol. The van der Waals surface area contributed by atoms with Crippen LogP contribution in [-0.4, -0.2) is 16.1 Å². The van der Waals surface area contributed by atoms with E-state index in [0.29, 0.717) is 6.54 Å². The summed E-state index contributed by atoms with van der Waals surface area (Å²) in [5, 5.41) is 2.07. The summed E-state index contributed by atoms with van der Waals surface area (Å²) in [6, 6.07) is 2.10. The second kappa shape index (κ2) is 4.69. The molecule has 0 radical (unpaired) electrons. The van der Waals surface area contributed by atoms with Crippen molar-refractivity contribution >= 4 is 27.3 Å². The Morgan fingerprint density at radius 1 is 1.56 bits per heavy atom. The Morgan fingerprint density at radius 3 is 2.88 bits per heavy atom. The van der Waals surface area contributed by atoms with Crippen LogP contribution in [0.4, 0.5) is 0 Å². The molecule has 5 heteroatoms. The normalized spacial score (nSPS) is 11.0. The summed E-state index contributed by atoms with van der Waals surface area (Å²) in [7, 11) is 2.04. The van der Waals surface area contributed by atoms with Gasteiger partial charge in [-0.3, -0.25) is 0 Å². The van der Waals surface area contributed by atoms with Gasteiger partial charge in [0.25, 0.3) is 0 Å². The van der Waals surface area contributed by atoms with Crippen molar-refractivity contribution < 1.29 is 0 Å². The third-order valence-electron chi connectivity index (χ3n) is 2.62. The largest absolute Gasteiger partial charge is 0.335 e. The Bertz CT molecular complexity index is 501. The maximum atomic E-state index is 5.64. The summed E-state index contributed by atoms with van der Waals surface area (Å²) >= 11 is 5.17. The second-order valence-electron chi connectivity index (χ2n) is 3.68. The summed E-state index contributed by atoms with van der Waals surface area (Å²) in [6.45, 7) is 2.67. The van der Waals surface area contributed by atoms with Gasteiger partial charge in [0, 0.05) is 29.0 Å². The molecule has 2 rings (SSSR count). The second-order valence-corrected chi connectivity index (χ2v) is 5.51. The van der Waals surface area contributed by atoms with E-state index in [2.05, 4.69) is 36.9 Å². The summed E-state index contributed by atoms with van der Waals surface area (Å²) in [6.07, 6.45) is 0.863. The van der Waals surface area contributed by atoms with Crippen LogP contribution in [0.3, 0.4) is 0 Å². The Hall–Kier alpha value is -0.650. The van der Waals surface area contributed by atoms with Crippen molar-refractivity contribution in [1.82, 2.24) is 9.55 Å². The standard InChI is InChI=1S/C11H14BrN3S/c1-7-14-11(9(3-4-13)15(7)2)10-5-8(12)6-16-10/h5-6H,3-4,13H2,1-2H3. The lowest BCUT2D eigenvalue weighted by Gasteiger charge is -2.03. The molecule has 2 aromatic rings. The van der Waals surface area contributed by atoms with Gasteiger partial charge in [-0.1, -0.05) is 0 Å². The number of hydrogen-bond donors (Lipinski definition) is 1. The molecular formula is C11H14BrN3S. The number of rotatable bonds is 3. The van der Waals surface area contributed by atoms with Crippen LogP contribution in [0.25, 0.3) is 10.6 Å². The number of nitrogens with zero attached hydrogens (tertiary/aromatic N) is 2. The highest BCUT2D eigenvalue weighted by Gasteiger charge is 2.14. The van der Waals surface area contributed by atoms with Gasteiger partial charge in [-0.2, -0.15) is 0 Å². The van der Waals surface area contributed by atoms with Crippen molar-refractivity contribution in [3.05, 3.63) is 27.4 Å². The highest BCUT2D eigenvalue weighted by Crippen LogP contribution is 2.31. The monoisotopic (exact) mass is 299 g/mol. The van der Waals surface area contributed by atoms with E-state index in [1.807, 2.05) is 14.0 Å². The molecule has 3 nitrogen and oxygen atoms in total. The van der Waals surface area contributed by atoms with Crippen LogP contribution in [0.15, 0.2) is 15.9 Å². The zero-order valence-corrected chi connectivity index (χ0v) is 11.7. The third kappa shape index (κ3) is 2.07. The predicted octanol–water partition coefficient (Wildman–Crippen LogP) is 2.72. The van der Waals surface area contributed by atoms with Crippen molar-refractivity contribution in [3.8, 4) is 10.6 Å². The molecule has 2 aromatic heterocycles. The van der Waals surface area contributed by atoms with Crippen LogP contribution in [-0.2, 0) is 13.5 Å². The van der Waals surface area contributed by atoms with Crippen LogP contribution in [0.1, 0.15) is 11.5 Å². The SMILES string of the molecule is Cc1nc(-c2cc(Br)cs2)c(CCN)n1C. The Kier molecular flexibility index (Phi) is 3.47. The van der Waals surface area contributed by atoms with Gasteiger partial charge in [0.15, 0.2) is 0 Å². The van der Waals surface area contributed by atoms with Crippen molar-refractivity contribution in [2.24, 2.45) is 12.8 Å². The van der Waals surface area contributed by atoms with E-state index in [-0.39, 0.29) is 0 Å². The van der Waals surface area contributed by atoms with Gasteiger partial charge in [0.1, 0.15) is 11.5 Å². The zero-order valence-electron chi connectivity index (χ0n) is 9.33. The number of imidazole rings is 1. The topological polar surface area (TPSA) is 43.8 Å². The minimum absolute atomic E-state index is 0.651. The fourth-order valence-electron chi connectivity index (χ4n) is 1.71. The summed E-state index contributed by atoms with van der Waals surface area (Å²) in [5.41, 5.74) is 7.93. The van der Waals surface area contributed by atoms with Crippen molar-refractivity contribution in [2.75, 3.05) is 6.54 Å². The molecule has 0 amide bonds. The lowest BCUT2D eigenvalue weighted by molar-refractivity contribution is 0.778. The summed E-state index contributed by atoms with van der Waals surface area (Å²) in [5.74, 6) is 1.03. The third-order valence-corrected chi connectivity index (χ3v) is 4.32. The molecule has 0 aliphatic carbocycles. The Labute approximate surface area is 107 Å². The van der Waals surface area contributed by atoms with Crippen LogP contribution in [0.2, 0.25) is 0 Å². The highest BCUT2D eigenvalue weighted by atomic mass is 79.9. The van der Waals surface area contributed by atoms with E-state index in [1.54, 1.807) is 11.3 Å². The minimum Gasteiger partial charge on any atom is -0.335 e. The van der Waals surface area contributed by atoms with E-state index in [9.17, 15) is 0 Å². The lowest BCUT2D eigenvalue weighted by atomic mass is 10.2. The summed E-state index contributed by atoms with van der Waals surface area (Å²) in [4.78, 5) is 5.80. The molecular weight excluding hydrogens is 286 g/mol. The first-order valence-corrected chi connectivity index (χ1v) is 6.77. The van der Waals surface area contributed by atoms with Crippen LogP contribution >= 0.6 is 27.3 Å². The molecule has 0 bridgehead atoms. The molecule has 0 aliphatic rings. The van der Waals surface area contributed by atoms with Gasteiger partial charge in [0.2, 0.25) is 0 Å². The number of aryl methyl sites for hydroxylation is 1.